The number of nitrogens with zero attached hydrogens (tertiary/aromatic N) is 1. The predicted octanol–water partition coefficient (Wildman–Crippen LogP) is 1.14. The zero-order chi connectivity index (χ0) is 14.7. The lowest BCUT2D eigenvalue weighted by atomic mass is 10.2. The number of esters is 1. The standard InChI is InChI=1S/C15H17N3O3/c1-20-15(19)10-4-12(17-6-10)5-11-2-3-13(9-18-11)21-14-7-16-8-14/h2-4,6,9,14,16-17H,5,7-8H2,1H3. The molecular weight excluding hydrogens is 270 g/mol. The van der Waals surface area contributed by atoms with E-state index in [0.29, 0.717) is 12.0 Å². The fourth-order valence-corrected chi connectivity index (χ4v) is 2.10. The molecule has 1 fully saturated rings. The number of aromatic amines is 1. The first-order chi connectivity index (χ1) is 10.2. The van der Waals surface area contributed by atoms with Gasteiger partial charge in [-0.15, -0.1) is 0 Å². The topological polar surface area (TPSA) is 76.2 Å². The number of pyridine rings is 1. The van der Waals surface area contributed by atoms with Crippen molar-refractivity contribution in [2.75, 3.05) is 20.2 Å². The van der Waals surface area contributed by atoms with Crippen LogP contribution in [0.5, 0.6) is 5.75 Å². The molecule has 1 aliphatic rings. The van der Waals surface area contributed by atoms with E-state index >= 15 is 0 Å². The van der Waals surface area contributed by atoms with Crippen molar-refractivity contribution in [2.24, 2.45) is 0 Å². The summed E-state index contributed by atoms with van der Waals surface area (Å²) in [5.74, 6) is 0.440. The summed E-state index contributed by atoms with van der Waals surface area (Å²) >= 11 is 0. The third kappa shape index (κ3) is 3.22. The number of hydrogen-bond donors (Lipinski definition) is 2. The summed E-state index contributed by atoms with van der Waals surface area (Å²) in [5.41, 5.74) is 2.34. The quantitative estimate of drug-likeness (QED) is 0.806. The van der Waals surface area contributed by atoms with E-state index in [1.54, 1.807) is 18.5 Å². The molecule has 0 aliphatic carbocycles. The van der Waals surface area contributed by atoms with E-state index in [-0.39, 0.29) is 12.1 Å². The molecule has 6 nitrogen and oxygen atoms in total. The van der Waals surface area contributed by atoms with Crippen molar-refractivity contribution in [1.29, 1.82) is 0 Å². The van der Waals surface area contributed by atoms with Gasteiger partial charge in [-0.3, -0.25) is 4.98 Å². The minimum atomic E-state index is -0.344. The Kier molecular flexibility index (Phi) is 3.87. The SMILES string of the molecule is COC(=O)c1c[nH]c(Cc2ccc(OC3CNC3)cn2)c1. The number of aromatic nitrogens is 2. The van der Waals surface area contributed by atoms with E-state index in [4.69, 9.17) is 4.74 Å². The van der Waals surface area contributed by atoms with Crippen LogP contribution >= 0.6 is 0 Å². The minimum Gasteiger partial charge on any atom is -0.486 e. The van der Waals surface area contributed by atoms with Gasteiger partial charge in [-0.1, -0.05) is 0 Å². The van der Waals surface area contributed by atoms with Crippen LogP contribution < -0.4 is 10.1 Å². The lowest BCUT2D eigenvalue weighted by Crippen LogP contribution is -2.50. The molecule has 3 rings (SSSR count). The Balaban J connectivity index is 1.61. The van der Waals surface area contributed by atoms with Crippen LogP contribution in [0.3, 0.4) is 0 Å². The number of rotatable bonds is 5. The van der Waals surface area contributed by atoms with Gasteiger partial charge in [0, 0.05) is 37.1 Å². The van der Waals surface area contributed by atoms with Crippen molar-refractivity contribution < 1.29 is 14.3 Å². The molecule has 0 aromatic carbocycles. The molecule has 3 heterocycles. The van der Waals surface area contributed by atoms with E-state index in [9.17, 15) is 4.79 Å². The predicted molar refractivity (Wildman–Crippen MR) is 76.5 cm³/mol. The second-order valence-corrected chi connectivity index (χ2v) is 4.97. The third-order valence-corrected chi connectivity index (χ3v) is 3.38. The average Bonchev–Trinajstić information content (AvgIpc) is 2.92. The van der Waals surface area contributed by atoms with Crippen molar-refractivity contribution in [3.05, 3.63) is 47.5 Å². The number of ether oxygens (including phenoxy) is 2. The van der Waals surface area contributed by atoms with Gasteiger partial charge in [-0.05, 0) is 18.2 Å². The van der Waals surface area contributed by atoms with Crippen LogP contribution in [0.25, 0.3) is 0 Å². The maximum atomic E-state index is 11.4. The number of carbonyl (C=O) groups is 1. The third-order valence-electron chi connectivity index (χ3n) is 3.38. The molecule has 0 unspecified atom stereocenters. The molecule has 0 amide bonds. The Morgan fingerprint density at radius 3 is 2.90 bits per heavy atom. The van der Waals surface area contributed by atoms with Gasteiger partial charge in [0.1, 0.15) is 11.9 Å². The first-order valence-electron chi connectivity index (χ1n) is 6.82. The number of H-pyrrole nitrogens is 1. The highest BCUT2D eigenvalue weighted by atomic mass is 16.5. The summed E-state index contributed by atoms with van der Waals surface area (Å²) in [6, 6.07) is 5.63. The van der Waals surface area contributed by atoms with Crippen LogP contribution in [-0.2, 0) is 11.2 Å². The van der Waals surface area contributed by atoms with E-state index in [0.717, 1.165) is 30.2 Å². The first kappa shape index (κ1) is 13.6. The lowest BCUT2D eigenvalue weighted by Gasteiger charge is -2.27. The van der Waals surface area contributed by atoms with Crippen LogP contribution in [0.2, 0.25) is 0 Å². The minimum absolute atomic E-state index is 0.253. The monoisotopic (exact) mass is 287 g/mol. The van der Waals surface area contributed by atoms with Crippen molar-refractivity contribution in [1.82, 2.24) is 15.3 Å². The molecule has 1 saturated heterocycles. The molecule has 2 N–H and O–H groups in total. The zero-order valence-corrected chi connectivity index (χ0v) is 11.8. The Bertz CT molecular complexity index is 617. The summed E-state index contributed by atoms with van der Waals surface area (Å²) in [4.78, 5) is 18.8. The summed E-state index contributed by atoms with van der Waals surface area (Å²) in [6.45, 7) is 1.78. The summed E-state index contributed by atoms with van der Waals surface area (Å²) in [5, 5.41) is 3.15. The normalized spacial score (nSPS) is 14.5. The number of nitrogens with one attached hydrogen (secondary N) is 2. The van der Waals surface area contributed by atoms with Crippen molar-refractivity contribution in [2.45, 2.75) is 12.5 Å². The van der Waals surface area contributed by atoms with E-state index < -0.39 is 0 Å². The maximum absolute atomic E-state index is 11.4. The maximum Gasteiger partial charge on any atom is 0.339 e. The molecule has 2 aromatic heterocycles. The molecule has 1 aliphatic heterocycles. The molecule has 0 radical (unpaired) electrons. The molecule has 0 atom stereocenters. The van der Waals surface area contributed by atoms with E-state index in [2.05, 4.69) is 20.0 Å². The highest BCUT2D eigenvalue weighted by Crippen LogP contribution is 2.15. The van der Waals surface area contributed by atoms with Crippen LogP contribution in [-0.4, -0.2) is 42.2 Å². The summed E-state index contributed by atoms with van der Waals surface area (Å²) < 4.78 is 10.4. The van der Waals surface area contributed by atoms with Gasteiger partial charge in [0.05, 0.1) is 18.9 Å². The lowest BCUT2D eigenvalue weighted by molar-refractivity contribution is 0.0601. The summed E-state index contributed by atoms with van der Waals surface area (Å²) in [7, 11) is 1.37. The Labute approximate surface area is 122 Å². The Hall–Kier alpha value is -2.34. The number of carbonyl (C=O) groups excluding carboxylic acids is 1. The van der Waals surface area contributed by atoms with Gasteiger partial charge in [-0.25, -0.2) is 4.79 Å². The van der Waals surface area contributed by atoms with E-state index in [1.807, 2.05) is 12.1 Å². The molecule has 0 spiro atoms. The van der Waals surface area contributed by atoms with Crippen molar-refractivity contribution in [3.63, 3.8) is 0 Å². The molecule has 0 saturated carbocycles. The molecule has 2 aromatic rings. The largest absolute Gasteiger partial charge is 0.486 e. The van der Waals surface area contributed by atoms with Crippen LogP contribution in [0, 0.1) is 0 Å². The molecular formula is C15H17N3O3. The highest BCUT2D eigenvalue weighted by Gasteiger charge is 2.18. The van der Waals surface area contributed by atoms with E-state index in [1.165, 1.54) is 7.11 Å². The van der Waals surface area contributed by atoms with Gasteiger partial charge in [0.15, 0.2) is 0 Å². The number of hydrogen-bond acceptors (Lipinski definition) is 5. The molecule has 21 heavy (non-hydrogen) atoms. The first-order valence-corrected chi connectivity index (χ1v) is 6.82. The molecule has 110 valence electrons. The van der Waals surface area contributed by atoms with Gasteiger partial charge in [-0.2, -0.15) is 0 Å². The second kappa shape index (κ2) is 5.97. The Morgan fingerprint density at radius 1 is 1.43 bits per heavy atom. The fourth-order valence-electron chi connectivity index (χ4n) is 2.10. The van der Waals surface area contributed by atoms with Crippen LogP contribution in [0.1, 0.15) is 21.7 Å². The second-order valence-electron chi connectivity index (χ2n) is 4.97. The van der Waals surface area contributed by atoms with Crippen LogP contribution in [0.15, 0.2) is 30.6 Å². The summed E-state index contributed by atoms with van der Waals surface area (Å²) in [6.07, 6.45) is 4.26. The van der Waals surface area contributed by atoms with Gasteiger partial charge >= 0.3 is 5.97 Å². The van der Waals surface area contributed by atoms with Crippen molar-refractivity contribution in [3.8, 4) is 5.75 Å². The van der Waals surface area contributed by atoms with Crippen molar-refractivity contribution >= 4 is 5.97 Å². The van der Waals surface area contributed by atoms with Gasteiger partial charge < -0.3 is 19.8 Å². The smallest absolute Gasteiger partial charge is 0.339 e. The highest BCUT2D eigenvalue weighted by molar-refractivity contribution is 5.89. The zero-order valence-electron chi connectivity index (χ0n) is 11.8. The van der Waals surface area contributed by atoms with Gasteiger partial charge in [0.25, 0.3) is 0 Å². The van der Waals surface area contributed by atoms with Crippen LogP contribution in [0.4, 0.5) is 0 Å². The number of methoxy groups -OCH3 is 1. The molecule has 6 heteroatoms. The Morgan fingerprint density at radius 2 is 2.29 bits per heavy atom. The van der Waals surface area contributed by atoms with Gasteiger partial charge in [0.2, 0.25) is 0 Å². The average molecular weight is 287 g/mol. The molecule has 0 bridgehead atoms. The fraction of sp³-hybridized carbons (Fsp3) is 0.333.